The van der Waals surface area contributed by atoms with Gasteiger partial charge in [-0.25, -0.2) is 0 Å². The van der Waals surface area contributed by atoms with Crippen LogP contribution in [0.4, 0.5) is 0 Å². The highest BCUT2D eigenvalue weighted by molar-refractivity contribution is 7.07. The molecule has 1 unspecified atom stereocenters. The summed E-state index contributed by atoms with van der Waals surface area (Å²) in [6, 6.07) is 12.8. The third kappa shape index (κ3) is 2.11. The van der Waals surface area contributed by atoms with Crippen LogP contribution < -0.4 is 5.73 Å². The van der Waals surface area contributed by atoms with Gasteiger partial charge in [0.15, 0.2) is 5.96 Å². The third-order valence-electron chi connectivity index (χ3n) is 3.22. The Labute approximate surface area is 111 Å². The molecule has 2 N–H and O–H groups in total. The number of thiophene rings is 1. The summed E-state index contributed by atoms with van der Waals surface area (Å²) in [6.45, 7) is 1.58. The molecule has 0 saturated heterocycles. The van der Waals surface area contributed by atoms with Crippen LogP contribution in [0, 0.1) is 0 Å². The van der Waals surface area contributed by atoms with Gasteiger partial charge in [-0.3, -0.25) is 4.99 Å². The molecule has 18 heavy (non-hydrogen) atoms. The molecular weight excluding hydrogens is 242 g/mol. The van der Waals surface area contributed by atoms with Crippen molar-refractivity contribution in [1.82, 2.24) is 4.90 Å². The van der Waals surface area contributed by atoms with Crippen LogP contribution in [0.1, 0.15) is 17.2 Å². The van der Waals surface area contributed by atoms with Gasteiger partial charge in [0.05, 0.1) is 12.6 Å². The van der Waals surface area contributed by atoms with Crippen molar-refractivity contribution < 1.29 is 0 Å². The fraction of sp³-hybridized carbons (Fsp3) is 0.214. The SMILES string of the molecule is NC1=NCC(c2ccsc2)N1Cc1ccccc1. The second kappa shape index (κ2) is 4.82. The highest BCUT2D eigenvalue weighted by Gasteiger charge is 2.27. The second-order valence-electron chi connectivity index (χ2n) is 4.38. The Balaban J connectivity index is 1.82. The lowest BCUT2D eigenvalue weighted by Gasteiger charge is -2.25. The molecule has 3 nitrogen and oxygen atoms in total. The van der Waals surface area contributed by atoms with E-state index in [0.717, 1.165) is 13.1 Å². The predicted octanol–water partition coefficient (Wildman–Crippen LogP) is 2.62. The zero-order chi connectivity index (χ0) is 12.4. The molecule has 1 aliphatic heterocycles. The molecule has 3 rings (SSSR count). The summed E-state index contributed by atoms with van der Waals surface area (Å²) in [4.78, 5) is 6.55. The number of guanidine groups is 1. The van der Waals surface area contributed by atoms with Crippen LogP contribution in [0.2, 0.25) is 0 Å². The molecule has 0 radical (unpaired) electrons. The Morgan fingerprint density at radius 1 is 1.28 bits per heavy atom. The monoisotopic (exact) mass is 257 g/mol. The highest BCUT2D eigenvalue weighted by Crippen LogP contribution is 2.28. The first-order valence-corrected chi connectivity index (χ1v) is 6.91. The van der Waals surface area contributed by atoms with E-state index >= 15 is 0 Å². The van der Waals surface area contributed by atoms with Gasteiger partial charge in [0, 0.05) is 6.54 Å². The first kappa shape index (κ1) is 11.3. The number of nitrogens with two attached hydrogens (primary N) is 1. The molecule has 1 aromatic carbocycles. The van der Waals surface area contributed by atoms with Crippen LogP contribution in [-0.2, 0) is 6.54 Å². The van der Waals surface area contributed by atoms with E-state index in [1.165, 1.54) is 11.1 Å². The zero-order valence-corrected chi connectivity index (χ0v) is 10.8. The van der Waals surface area contributed by atoms with Crippen molar-refractivity contribution >= 4 is 17.3 Å². The minimum atomic E-state index is 0.288. The summed E-state index contributed by atoms with van der Waals surface area (Å²) < 4.78 is 0. The predicted molar refractivity (Wildman–Crippen MR) is 75.5 cm³/mol. The smallest absolute Gasteiger partial charge is 0.192 e. The van der Waals surface area contributed by atoms with Crippen molar-refractivity contribution in [3.8, 4) is 0 Å². The minimum Gasteiger partial charge on any atom is -0.370 e. The summed E-state index contributed by atoms with van der Waals surface area (Å²) in [6.07, 6.45) is 0. The molecule has 92 valence electrons. The van der Waals surface area contributed by atoms with Crippen molar-refractivity contribution in [3.63, 3.8) is 0 Å². The van der Waals surface area contributed by atoms with Gasteiger partial charge in [-0.15, -0.1) is 0 Å². The van der Waals surface area contributed by atoms with E-state index < -0.39 is 0 Å². The van der Waals surface area contributed by atoms with E-state index in [0.29, 0.717) is 5.96 Å². The topological polar surface area (TPSA) is 41.6 Å². The van der Waals surface area contributed by atoms with Gasteiger partial charge in [0.1, 0.15) is 0 Å². The second-order valence-corrected chi connectivity index (χ2v) is 5.16. The zero-order valence-electron chi connectivity index (χ0n) is 9.99. The summed E-state index contributed by atoms with van der Waals surface area (Å²) in [5.74, 6) is 0.648. The number of rotatable bonds is 3. The van der Waals surface area contributed by atoms with Crippen molar-refractivity contribution in [2.75, 3.05) is 6.54 Å². The lowest BCUT2D eigenvalue weighted by molar-refractivity contribution is 0.341. The van der Waals surface area contributed by atoms with E-state index in [1.54, 1.807) is 11.3 Å². The highest BCUT2D eigenvalue weighted by atomic mass is 32.1. The van der Waals surface area contributed by atoms with E-state index in [9.17, 15) is 0 Å². The fourth-order valence-electron chi connectivity index (χ4n) is 2.25. The summed E-state index contributed by atoms with van der Waals surface area (Å²) >= 11 is 1.72. The van der Waals surface area contributed by atoms with Crippen LogP contribution in [0.25, 0.3) is 0 Å². The summed E-state index contributed by atoms with van der Waals surface area (Å²) in [7, 11) is 0. The van der Waals surface area contributed by atoms with E-state index in [2.05, 4.69) is 51.0 Å². The fourth-order valence-corrected chi connectivity index (χ4v) is 2.96. The lowest BCUT2D eigenvalue weighted by atomic mass is 10.1. The first-order chi connectivity index (χ1) is 8.84. The molecule has 0 aliphatic carbocycles. The third-order valence-corrected chi connectivity index (χ3v) is 3.92. The molecule has 1 atom stereocenters. The molecule has 0 bridgehead atoms. The normalized spacial score (nSPS) is 19.0. The van der Waals surface area contributed by atoms with Gasteiger partial charge in [0.2, 0.25) is 0 Å². The molecule has 2 aromatic rings. The van der Waals surface area contributed by atoms with Crippen molar-refractivity contribution in [2.45, 2.75) is 12.6 Å². The Hall–Kier alpha value is -1.81. The minimum absolute atomic E-state index is 0.288. The molecule has 0 saturated carbocycles. The van der Waals surface area contributed by atoms with E-state index in [4.69, 9.17) is 5.73 Å². The Morgan fingerprint density at radius 2 is 2.11 bits per heavy atom. The number of nitrogens with zero attached hydrogens (tertiary/aromatic N) is 2. The van der Waals surface area contributed by atoms with Gasteiger partial charge in [-0.1, -0.05) is 30.3 Å². The maximum absolute atomic E-state index is 6.00. The number of hydrogen-bond acceptors (Lipinski definition) is 4. The first-order valence-electron chi connectivity index (χ1n) is 5.97. The molecule has 1 aromatic heterocycles. The Morgan fingerprint density at radius 3 is 2.83 bits per heavy atom. The molecule has 2 heterocycles. The molecule has 0 spiro atoms. The standard InChI is InChI=1S/C14H15N3S/c15-14-16-8-13(12-6-7-18-10-12)17(14)9-11-4-2-1-3-5-11/h1-7,10,13H,8-9H2,(H2,15,16). The maximum atomic E-state index is 6.00. The molecule has 0 amide bonds. The molecule has 0 fully saturated rings. The quantitative estimate of drug-likeness (QED) is 0.918. The molecule has 1 aliphatic rings. The van der Waals surface area contributed by atoms with Crippen LogP contribution in [0.3, 0.4) is 0 Å². The van der Waals surface area contributed by atoms with Gasteiger partial charge >= 0.3 is 0 Å². The van der Waals surface area contributed by atoms with E-state index in [1.807, 2.05) is 6.07 Å². The van der Waals surface area contributed by atoms with Gasteiger partial charge in [-0.2, -0.15) is 11.3 Å². The van der Waals surface area contributed by atoms with E-state index in [-0.39, 0.29) is 6.04 Å². The number of aliphatic imine (C=N–C) groups is 1. The van der Waals surface area contributed by atoms with Crippen LogP contribution in [0.5, 0.6) is 0 Å². The largest absolute Gasteiger partial charge is 0.370 e. The average molecular weight is 257 g/mol. The van der Waals surface area contributed by atoms with Crippen molar-refractivity contribution in [2.24, 2.45) is 10.7 Å². The van der Waals surface area contributed by atoms with Gasteiger partial charge < -0.3 is 10.6 Å². The summed E-state index contributed by atoms with van der Waals surface area (Å²) in [5.41, 5.74) is 8.57. The average Bonchev–Trinajstić information content (AvgIpc) is 3.02. The summed E-state index contributed by atoms with van der Waals surface area (Å²) in [5, 5.41) is 4.28. The van der Waals surface area contributed by atoms with Crippen molar-refractivity contribution in [3.05, 3.63) is 58.3 Å². The molecular formula is C14H15N3S. The maximum Gasteiger partial charge on any atom is 0.192 e. The van der Waals surface area contributed by atoms with Gasteiger partial charge in [0.25, 0.3) is 0 Å². The van der Waals surface area contributed by atoms with Gasteiger partial charge in [-0.05, 0) is 28.0 Å². The molecule has 4 heteroatoms. The number of hydrogen-bond donors (Lipinski definition) is 1. The Bertz CT molecular complexity index is 533. The lowest BCUT2D eigenvalue weighted by Crippen LogP contribution is -2.35. The van der Waals surface area contributed by atoms with Crippen LogP contribution >= 0.6 is 11.3 Å². The Kier molecular flexibility index (Phi) is 3.02. The number of benzene rings is 1. The van der Waals surface area contributed by atoms with Crippen molar-refractivity contribution in [1.29, 1.82) is 0 Å². The van der Waals surface area contributed by atoms with Crippen LogP contribution in [-0.4, -0.2) is 17.4 Å². The van der Waals surface area contributed by atoms with Crippen LogP contribution in [0.15, 0.2) is 52.2 Å².